The lowest BCUT2D eigenvalue weighted by Gasteiger charge is -2.29. The Morgan fingerprint density at radius 3 is 2.17 bits per heavy atom. The molecule has 0 aliphatic heterocycles. The molecule has 0 saturated carbocycles. The molecule has 0 unspecified atom stereocenters. The molecule has 1 rings (SSSR count). The van der Waals surface area contributed by atoms with Crippen molar-refractivity contribution in [1.82, 2.24) is 5.32 Å². The number of benzene rings is 1. The van der Waals surface area contributed by atoms with Gasteiger partial charge < -0.3 is 10.2 Å². The van der Waals surface area contributed by atoms with Crippen LogP contribution in [-0.4, -0.2) is 19.6 Å². The molecule has 4 heteroatoms. The largest absolute Gasteiger partial charge is 0.364 e. The minimum atomic E-state index is -0.484. The van der Waals surface area contributed by atoms with E-state index in [4.69, 9.17) is 0 Å². The molecule has 0 radical (unpaired) electrons. The average molecular weight is 256 g/mol. The second-order valence-electron chi connectivity index (χ2n) is 4.73. The summed E-state index contributed by atoms with van der Waals surface area (Å²) < 4.78 is 28.1. The standard InChI is InChI=1S/C14H22F2N2/c1-5-6-18(10(2)3)14-12(15)7-11(9-17-4)8-13(14)16/h7-8,10,17H,5-6,9H2,1-4H3. The summed E-state index contributed by atoms with van der Waals surface area (Å²) in [7, 11) is 1.75. The maximum atomic E-state index is 14.1. The van der Waals surface area contributed by atoms with Gasteiger partial charge in [-0.3, -0.25) is 0 Å². The second-order valence-corrected chi connectivity index (χ2v) is 4.73. The fourth-order valence-electron chi connectivity index (χ4n) is 2.07. The van der Waals surface area contributed by atoms with Crippen molar-refractivity contribution in [3.63, 3.8) is 0 Å². The molecule has 1 aromatic rings. The first-order valence-electron chi connectivity index (χ1n) is 6.40. The van der Waals surface area contributed by atoms with Gasteiger partial charge in [0.25, 0.3) is 0 Å². The number of nitrogens with one attached hydrogen (secondary N) is 1. The van der Waals surface area contributed by atoms with Crippen molar-refractivity contribution in [2.45, 2.75) is 39.8 Å². The van der Waals surface area contributed by atoms with Gasteiger partial charge in [0, 0.05) is 19.1 Å². The van der Waals surface area contributed by atoms with Gasteiger partial charge in [0.1, 0.15) is 17.3 Å². The van der Waals surface area contributed by atoms with Crippen molar-refractivity contribution in [3.05, 3.63) is 29.3 Å². The normalized spacial score (nSPS) is 11.1. The van der Waals surface area contributed by atoms with Crippen LogP contribution >= 0.6 is 0 Å². The van der Waals surface area contributed by atoms with Crippen molar-refractivity contribution in [2.75, 3.05) is 18.5 Å². The first-order valence-corrected chi connectivity index (χ1v) is 6.40. The molecule has 0 aliphatic carbocycles. The topological polar surface area (TPSA) is 15.3 Å². The van der Waals surface area contributed by atoms with Crippen LogP contribution in [0.25, 0.3) is 0 Å². The molecule has 0 fully saturated rings. The zero-order valence-electron chi connectivity index (χ0n) is 11.6. The Labute approximate surface area is 108 Å². The van der Waals surface area contributed by atoms with Crippen molar-refractivity contribution in [2.24, 2.45) is 0 Å². The van der Waals surface area contributed by atoms with Crippen LogP contribution < -0.4 is 10.2 Å². The zero-order chi connectivity index (χ0) is 13.7. The van der Waals surface area contributed by atoms with Crippen molar-refractivity contribution >= 4 is 5.69 Å². The fraction of sp³-hybridized carbons (Fsp3) is 0.571. The Morgan fingerprint density at radius 1 is 1.22 bits per heavy atom. The summed E-state index contributed by atoms with van der Waals surface area (Å²) >= 11 is 0. The lowest BCUT2D eigenvalue weighted by atomic mass is 10.1. The van der Waals surface area contributed by atoms with Gasteiger partial charge in [-0.05, 0) is 45.0 Å². The first-order chi connectivity index (χ1) is 8.51. The van der Waals surface area contributed by atoms with Gasteiger partial charge in [-0.15, -0.1) is 0 Å². The monoisotopic (exact) mass is 256 g/mol. The molecule has 1 aromatic carbocycles. The molecule has 0 aliphatic rings. The molecular formula is C14H22F2N2. The molecule has 1 N–H and O–H groups in total. The first kappa shape index (κ1) is 14.9. The summed E-state index contributed by atoms with van der Waals surface area (Å²) in [6, 6.07) is 2.88. The Bertz CT molecular complexity index is 368. The molecule has 2 nitrogen and oxygen atoms in total. The Hall–Kier alpha value is -1.16. The third-order valence-electron chi connectivity index (χ3n) is 2.83. The third-order valence-corrected chi connectivity index (χ3v) is 2.83. The summed E-state index contributed by atoms with van der Waals surface area (Å²) in [5, 5.41) is 2.89. The average Bonchev–Trinajstić information content (AvgIpc) is 2.27. The van der Waals surface area contributed by atoms with E-state index in [1.807, 2.05) is 20.8 Å². The van der Waals surface area contributed by atoms with Gasteiger partial charge in [0.2, 0.25) is 0 Å². The molecule has 0 amide bonds. The maximum Gasteiger partial charge on any atom is 0.149 e. The van der Waals surface area contributed by atoms with Crippen LogP contribution in [0.1, 0.15) is 32.8 Å². The molecule has 0 bridgehead atoms. The molecule has 0 aromatic heterocycles. The highest BCUT2D eigenvalue weighted by atomic mass is 19.1. The van der Waals surface area contributed by atoms with Crippen LogP contribution in [0.15, 0.2) is 12.1 Å². The molecular weight excluding hydrogens is 234 g/mol. The molecule has 18 heavy (non-hydrogen) atoms. The van der Waals surface area contributed by atoms with Crippen molar-refractivity contribution in [1.29, 1.82) is 0 Å². The smallest absolute Gasteiger partial charge is 0.149 e. The van der Waals surface area contributed by atoms with Crippen LogP contribution in [-0.2, 0) is 6.54 Å². The summed E-state index contributed by atoms with van der Waals surface area (Å²) in [5.74, 6) is -0.968. The Morgan fingerprint density at radius 2 is 1.78 bits per heavy atom. The van der Waals surface area contributed by atoms with E-state index in [0.29, 0.717) is 18.7 Å². The van der Waals surface area contributed by atoms with E-state index in [1.165, 1.54) is 12.1 Å². The van der Waals surface area contributed by atoms with Gasteiger partial charge in [0.15, 0.2) is 0 Å². The fourth-order valence-corrected chi connectivity index (χ4v) is 2.07. The number of hydrogen-bond donors (Lipinski definition) is 1. The Balaban J connectivity index is 3.14. The number of rotatable bonds is 6. The van der Waals surface area contributed by atoms with Crippen LogP contribution in [0.3, 0.4) is 0 Å². The minimum Gasteiger partial charge on any atom is -0.364 e. The van der Waals surface area contributed by atoms with E-state index in [0.717, 1.165) is 6.42 Å². The predicted molar refractivity (Wildman–Crippen MR) is 71.9 cm³/mol. The Kier molecular flexibility index (Phi) is 5.54. The number of hydrogen-bond acceptors (Lipinski definition) is 2. The maximum absolute atomic E-state index is 14.1. The van der Waals surface area contributed by atoms with Crippen molar-refractivity contribution in [3.8, 4) is 0 Å². The highest BCUT2D eigenvalue weighted by molar-refractivity contribution is 5.51. The van der Waals surface area contributed by atoms with E-state index in [1.54, 1.807) is 11.9 Å². The van der Waals surface area contributed by atoms with E-state index in [9.17, 15) is 8.78 Å². The SMILES string of the molecule is CCCN(c1c(F)cc(CNC)cc1F)C(C)C. The predicted octanol–water partition coefficient (Wildman–Crippen LogP) is 3.31. The molecule has 102 valence electrons. The molecule has 0 saturated heterocycles. The highest BCUT2D eigenvalue weighted by Gasteiger charge is 2.19. The molecule has 0 heterocycles. The van der Waals surface area contributed by atoms with E-state index >= 15 is 0 Å². The number of halogens is 2. The van der Waals surface area contributed by atoms with Crippen LogP contribution in [0.2, 0.25) is 0 Å². The van der Waals surface area contributed by atoms with Gasteiger partial charge >= 0.3 is 0 Å². The quantitative estimate of drug-likeness (QED) is 0.840. The zero-order valence-corrected chi connectivity index (χ0v) is 11.6. The van der Waals surface area contributed by atoms with Gasteiger partial charge in [-0.2, -0.15) is 0 Å². The van der Waals surface area contributed by atoms with Crippen molar-refractivity contribution < 1.29 is 8.78 Å². The van der Waals surface area contributed by atoms with Crippen LogP contribution in [0.4, 0.5) is 14.5 Å². The van der Waals surface area contributed by atoms with Gasteiger partial charge in [-0.1, -0.05) is 6.92 Å². The van der Waals surface area contributed by atoms with E-state index < -0.39 is 11.6 Å². The number of nitrogens with zero attached hydrogens (tertiary/aromatic N) is 1. The lowest BCUT2D eigenvalue weighted by Crippen LogP contribution is -2.33. The summed E-state index contributed by atoms with van der Waals surface area (Å²) in [5.41, 5.74) is 0.711. The summed E-state index contributed by atoms with van der Waals surface area (Å²) in [6.45, 7) is 6.99. The van der Waals surface area contributed by atoms with Crippen LogP contribution in [0.5, 0.6) is 0 Å². The molecule has 0 spiro atoms. The second kappa shape index (κ2) is 6.69. The molecule has 0 atom stereocenters. The van der Waals surface area contributed by atoms with E-state index in [-0.39, 0.29) is 11.7 Å². The highest BCUT2D eigenvalue weighted by Crippen LogP contribution is 2.27. The summed E-state index contributed by atoms with van der Waals surface area (Å²) in [4.78, 5) is 1.77. The van der Waals surface area contributed by atoms with Gasteiger partial charge in [-0.25, -0.2) is 8.78 Å². The number of anilines is 1. The third kappa shape index (κ3) is 3.42. The van der Waals surface area contributed by atoms with E-state index in [2.05, 4.69) is 5.32 Å². The lowest BCUT2D eigenvalue weighted by molar-refractivity contribution is 0.549. The summed E-state index contributed by atoms with van der Waals surface area (Å²) in [6.07, 6.45) is 0.856. The van der Waals surface area contributed by atoms with Gasteiger partial charge in [0.05, 0.1) is 0 Å². The van der Waals surface area contributed by atoms with Crippen LogP contribution in [0, 0.1) is 11.6 Å². The minimum absolute atomic E-state index is 0.0732.